The number of rotatable bonds is 2. The zero-order valence-corrected chi connectivity index (χ0v) is 26.4. The second kappa shape index (κ2) is 13.3. The number of allylic oxidation sites excluding steroid dienone is 8. The van der Waals surface area contributed by atoms with E-state index in [4.69, 9.17) is 0 Å². The summed E-state index contributed by atoms with van der Waals surface area (Å²) in [4.78, 5) is 3.53. The molecule has 0 amide bonds. The van der Waals surface area contributed by atoms with Gasteiger partial charge in [0.05, 0.1) is 16.9 Å². The molecule has 0 unspecified atom stereocenters. The van der Waals surface area contributed by atoms with E-state index in [9.17, 15) is 5.26 Å². The number of anilines is 4. The maximum atomic E-state index is 15.9. The molecule has 0 radical (unpaired) electrons. The Balaban J connectivity index is 0.00000182. The van der Waals surface area contributed by atoms with Gasteiger partial charge in [-0.3, -0.25) is 0 Å². The molecule has 0 aromatic heterocycles. The van der Waals surface area contributed by atoms with Crippen LogP contribution in [-0.4, -0.2) is 0 Å². The minimum Gasteiger partial charge on any atom is -0.310 e. The first-order valence-electron chi connectivity index (χ1n) is 16.3. The standard InChI is InChI=1S/C38H32F3N3.C2H6/c39-38(40,41)36-35(43-31-15-5-1-3-11-26(31)19-20-27-13-7-9-17-32(27)43)24-23-30(25-42)37(36)44-33-16-6-2-4-12-28(33)21-22-29-14-8-10-18-34(29)44;1-2/h1,3,5-10,13-18,23-24H,2,4,11-12,19-22H2;1-2H3. The Morgan fingerprint density at radius 2 is 1.33 bits per heavy atom. The lowest BCUT2D eigenvalue weighted by Crippen LogP contribution is -2.26. The van der Waals surface area contributed by atoms with Gasteiger partial charge in [0.25, 0.3) is 0 Å². The van der Waals surface area contributed by atoms with E-state index in [-0.39, 0.29) is 16.9 Å². The van der Waals surface area contributed by atoms with Crippen molar-refractivity contribution in [2.75, 3.05) is 9.80 Å². The van der Waals surface area contributed by atoms with Crippen molar-refractivity contribution in [3.05, 3.63) is 142 Å². The summed E-state index contributed by atoms with van der Waals surface area (Å²) in [7, 11) is 0. The van der Waals surface area contributed by atoms with Crippen molar-refractivity contribution in [2.24, 2.45) is 0 Å². The summed E-state index contributed by atoms with van der Waals surface area (Å²) in [5, 5.41) is 10.4. The molecular formula is C40H38F3N3. The van der Waals surface area contributed by atoms with Crippen molar-refractivity contribution in [3.63, 3.8) is 0 Å². The van der Waals surface area contributed by atoms with E-state index < -0.39 is 11.7 Å². The highest BCUT2D eigenvalue weighted by atomic mass is 19.4. The number of alkyl halides is 3. The summed E-state index contributed by atoms with van der Waals surface area (Å²) in [6, 6.07) is 20.6. The molecule has 0 bridgehead atoms. The van der Waals surface area contributed by atoms with Gasteiger partial charge in [0.1, 0.15) is 11.6 Å². The Kier molecular flexibility index (Phi) is 9.03. The number of nitrogens with zero attached hydrogens (tertiary/aromatic N) is 3. The second-order valence-electron chi connectivity index (χ2n) is 11.7. The minimum atomic E-state index is -4.76. The largest absolute Gasteiger partial charge is 0.420 e. The Labute approximate surface area is 270 Å². The van der Waals surface area contributed by atoms with Crippen LogP contribution in [0.25, 0.3) is 0 Å². The summed E-state index contributed by atoms with van der Waals surface area (Å²) in [6.45, 7) is 4.00. The second-order valence-corrected chi connectivity index (χ2v) is 11.7. The number of hydrogen-bond donors (Lipinski definition) is 0. The molecule has 7 rings (SSSR count). The Morgan fingerprint density at radius 1 is 0.674 bits per heavy atom. The lowest BCUT2D eigenvalue weighted by molar-refractivity contribution is -0.136. The van der Waals surface area contributed by atoms with E-state index in [0.29, 0.717) is 12.1 Å². The predicted octanol–water partition coefficient (Wildman–Crippen LogP) is 11.5. The molecule has 3 aromatic rings. The zero-order chi connectivity index (χ0) is 32.3. The van der Waals surface area contributed by atoms with Gasteiger partial charge in [-0.05, 0) is 110 Å². The SMILES string of the molecule is CC.N#Cc1ccc(N2C3=C(CC=CC=C3)CCc3ccccc32)c(C(F)(F)F)c1N1C2=C(CCCC=C2)CCc2ccccc21. The van der Waals surface area contributed by atoms with Gasteiger partial charge in [-0.2, -0.15) is 18.4 Å². The number of benzene rings is 3. The summed E-state index contributed by atoms with van der Waals surface area (Å²) in [5.74, 6) is 0. The maximum Gasteiger partial charge on any atom is 0.420 e. The molecule has 2 aliphatic carbocycles. The molecule has 2 aliphatic heterocycles. The topological polar surface area (TPSA) is 30.3 Å². The van der Waals surface area contributed by atoms with E-state index in [2.05, 4.69) is 18.2 Å². The van der Waals surface area contributed by atoms with Crippen LogP contribution in [0.3, 0.4) is 0 Å². The molecule has 6 heteroatoms. The normalized spacial score (nSPS) is 17.3. The molecule has 3 aromatic carbocycles. The van der Waals surface area contributed by atoms with E-state index in [1.165, 1.54) is 6.07 Å². The van der Waals surface area contributed by atoms with Gasteiger partial charge in [0.2, 0.25) is 0 Å². The minimum absolute atomic E-state index is 0.00217. The van der Waals surface area contributed by atoms with E-state index in [0.717, 1.165) is 84.3 Å². The Hall–Kier alpha value is -4.76. The summed E-state index contributed by atoms with van der Waals surface area (Å²) in [6.07, 6.45) is 13.4. The van der Waals surface area contributed by atoms with E-state index in [1.54, 1.807) is 15.9 Å². The fraction of sp³-hybridized carbons (Fsp3) is 0.275. The highest BCUT2D eigenvalue weighted by Crippen LogP contribution is 2.53. The quantitative estimate of drug-likeness (QED) is 0.287. The number of fused-ring (bicyclic) bond motifs is 2. The molecule has 3 nitrogen and oxygen atoms in total. The zero-order valence-electron chi connectivity index (χ0n) is 26.4. The molecule has 0 saturated carbocycles. The molecule has 46 heavy (non-hydrogen) atoms. The number of hydrogen-bond acceptors (Lipinski definition) is 3. The van der Waals surface area contributed by atoms with Crippen LogP contribution in [0.4, 0.5) is 35.9 Å². The van der Waals surface area contributed by atoms with E-state index >= 15 is 13.2 Å². The Bertz CT molecular complexity index is 1830. The van der Waals surface area contributed by atoms with Gasteiger partial charge < -0.3 is 9.80 Å². The number of nitriles is 1. The molecule has 0 N–H and O–H groups in total. The summed E-state index contributed by atoms with van der Waals surface area (Å²) >= 11 is 0. The maximum absolute atomic E-state index is 15.9. The predicted molar refractivity (Wildman–Crippen MR) is 181 cm³/mol. The van der Waals surface area contributed by atoms with Crippen molar-refractivity contribution < 1.29 is 13.2 Å². The van der Waals surface area contributed by atoms with Crippen molar-refractivity contribution in [1.29, 1.82) is 5.26 Å². The first-order chi connectivity index (χ1) is 22.5. The van der Waals surface area contributed by atoms with Crippen LogP contribution >= 0.6 is 0 Å². The molecule has 2 heterocycles. The van der Waals surface area contributed by atoms with Crippen LogP contribution in [-0.2, 0) is 19.0 Å². The fourth-order valence-electron chi connectivity index (χ4n) is 7.06. The van der Waals surface area contributed by atoms with Crippen molar-refractivity contribution in [2.45, 2.75) is 71.4 Å². The van der Waals surface area contributed by atoms with Crippen molar-refractivity contribution in [1.82, 2.24) is 0 Å². The highest BCUT2D eigenvalue weighted by Gasteiger charge is 2.43. The lowest BCUT2D eigenvalue weighted by atomic mass is 9.98. The highest BCUT2D eigenvalue weighted by molar-refractivity contribution is 5.88. The molecule has 234 valence electrons. The third-order valence-electron chi connectivity index (χ3n) is 9.08. The van der Waals surface area contributed by atoms with Crippen LogP contribution in [0.15, 0.2) is 120 Å². The van der Waals surface area contributed by atoms with E-state index in [1.807, 2.05) is 86.7 Å². The first kappa shape index (κ1) is 31.2. The van der Waals surface area contributed by atoms with Gasteiger partial charge in [0, 0.05) is 22.8 Å². The monoisotopic (exact) mass is 617 g/mol. The summed E-state index contributed by atoms with van der Waals surface area (Å²) < 4.78 is 47.6. The number of aryl methyl sites for hydroxylation is 2. The van der Waals surface area contributed by atoms with Crippen LogP contribution in [0, 0.1) is 11.3 Å². The molecule has 0 atom stereocenters. The molecule has 0 spiro atoms. The average Bonchev–Trinajstić information content (AvgIpc) is 3.55. The average molecular weight is 618 g/mol. The lowest BCUT2D eigenvalue weighted by Gasteiger charge is -2.35. The molecule has 4 aliphatic rings. The van der Waals surface area contributed by atoms with Gasteiger partial charge in [-0.25, -0.2) is 0 Å². The van der Waals surface area contributed by atoms with Crippen LogP contribution < -0.4 is 9.80 Å². The summed E-state index contributed by atoms with van der Waals surface area (Å²) in [5.41, 5.74) is 6.23. The first-order valence-corrected chi connectivity index (χ1v) is 16.3. The van der Waals surface area contributed by atoms with Crippen LogP contribution in [0.5, 0.6) is 0 Å². The third kappa shape index (κ3) is 5.71. The Morgan fingerprint density at radius 3 is 2.02 bits per heavy atom. The van der Waals surface area contributed by atoms with Gasteiger partial charge in [0.15, 0.2) is 0 Å². The van der Waals surface area contributed by atoms with Crippen molar-refractivity contribution >= 4 is 22.7 Å². The number of para-hydroxylation sites is 2. The van der Waals surface area contributed by atoms with Crippen LogP contribution in [0.1, 0.15) is 74.6 Å². The van der Waals surface area contributed by atoms with Crippen LogP contribution in [0.2, 0.25) is 0 Å². The third-order valence-corrected chi connectivity index (χ3v) is 9.08. The smallest absolute Gasteiger partial charge is 0.310 e. The van der Waals surface area contributed by atoms with Gasteiger partial charge in [-0.15, -0.1) is 0 Å². The molecular weight excluding hydrogens is 579 g/mol. The van der Waals surface area contributed by atoms with Gasteiger partial charge in [-0.1, -0.05) is 74.5 Å². The fourth-order valence-corrected chi connectivity index (χ4v) is 7.06. The molecule has 0 saturated heterocycles. The van der Waals surface area contributed by atoms with Crippen molar-refractivity contribution in [3.8, 4) is 6.07 Å². The number of halogens is 3. The molecule has 0 fully saturated rings. The van der Waals surface area contributed by atoms with Gasteiger partial charge >= 0.3 is 6.18 Å².